The Kier molecular flexibility index (Phi) is 4.76. The summed E-state index contributed by atoms with van der Waals surface area (Å²) >= 11 is 1.40. The number of piperidine rings is 1. The van der Waals surface area contributed by atoms with E-state index >= 15 is 0 Å². The summed E-state index contributed by atoms with van der Waals surface area (Å²) in [7, 11) is 0. The third-order valence-electron chi connectivity index (χ3n) is 4.62. The smallest absolute Gasteiger partial charge is 0.266 e. The van der Waals surface area contributed by atoms with Crippen molar-refractivity contribution in [2.75, 3.05) is 12.3 Å². The SMILES string of the molecule is CC1CCC(Oc2cc(N)ccn2)CN1C(=O)c1sccc1-n1nccn1. The van der Waals surface area contributed by atoms with E-state index in [1.807, 2.05) is 16.3 Å². The maximum Gasteiger partial charge on any atom is 0.266 e. The number of nitrogen functional groups attached to an aromatic ring is 1. The molecule has 0 aromatic carbocycles. The van der Waals surface area contributed by atoms with Gasteiger partial charge in [-0.2, -0.15) is 10.2 Å². The predicted molar refractivity (Wildman–Crippen MR) is 102 cm³/mol. The number of thiophene rings is 1. The van der Waals surface area contributed by atoms with Crippen molar-refractivity contribution in [3.63, 3.8) is 0 Å². The summed E-state index contributed by atoms with van der Waals surface area (Å²) in [6.07, 6.45) is 6.41. The van der Waals surface area contributed by atoms with Crippen LogP contribution in [0.3, 0.4) is 0 Å². The molecule has 0 spiro atoms. The highest BCUT2D eigenvalue weighted by Gasteiger charge is 2.32. The number of ether oxygens (including phenoxy) is 1. The molecule has 1 aliphatic heterocycles. The minimum Gasteiger partial charge on any atom is -0.472 e. The van der Waals surface area contributed by atoms with Gasteiger partial charge in [0, 0.05) is 24.0 Å². The van der Waals surface area contributed by atoms with Crippen LogP contribution in [0.5, 0.6) is 5.88 Å². The van der Waals surface area contributed by atoms with Crippen LogP contribution in [0.25, 0.3) is 5.69 Å². The molecule has 4 rings (SSSR count). The average Bonchev–Trinajstić information content (AvgIpc) is 3.34. The lowest BCUT2D eigenvalue weighted by Crippen LogP contribution is -2.49. The molecule has 0 radical (unpaired) electrons. The Labute approximate surface area is 160 Å². The van der Waals surface area contributed by atoms with Gasteiger partial charge in [-0.15, -0.1) is 16.1 Å². The van der Waals surface area contributed by atoms with Gasteiger partial charge in [-0.1, -0.05) is 0 Å². The quantitative estimate of drug-likeness (QED) is 0.741. The fourth-order valence-electron chi connectivity index (χ4n) is 3.20. The van der Waals surface area contributed by atoms with Gasteiger partial charge in [-0.05, 0) is 37.3 Å². The van der Waals surface area contributed by atoms with Crippen molar-refractivity contribution in [1.82, 2.24) is 24.9 Å². The zero-order valence-electron chi connectivity index (χ0n) is 14.9. The molecule has 2 atom stereocenters. The van der Waals surface area contributed by atoms with Gasteiger partial charge in [-0.25, -0.2) is 4.98 Å². The molecular weight excluding hydrogens is 364 g/mol. The Bertz CT molecular complexity index is 926. The van der Waals surface area contributed by atoms with Crippen molar-refractivity contribution in [2.24, 2.45) is 0 Å². The van der Waals surface area contributed by atoms with E-state index in [2.05, 4.69) is 22.1 Å². The maximum atomic E-state index is 13.2. The van der Waals surface area contributed by atoms with Crippen molar-refractivity contribution in [3.05, 3.63) is 47.0 Å². The van der Waals surface area contributed by atoms with Crippen LogP contribution in [0.2, 0.25) is 0 Å². The monoisotopic (exact) mass is 384 g/mol. The molecule has 140 valence electrons. The minimum atomic E-state index is -0.120. The van der Waals surface area contributed by atoms with E-state index in [0.29, 0.717) is 28.7 Å². The van der Waals surface area contributed by atoms with E-state index in [0.717, 1.165) is 12.8 Å². The fourth-order valence-corrected chi connectivity index (χ4v) is 4.02. The largest absolute Gasteiger partial charge is 0.472 e. The summed E-state index contributed by atoms with van der Waals surface area (Å²) in [4.78, 5) is 21.4. The Hall–Kier alpha value is -2.94. The number of hydrogen-bond donors (Lipinski definition) is 1. The lowest BCUT2D eigenvalue weighted by Gasteiger charge is -2.37. The number of carbonyl (C=O) groups is 1. The number of anilines is 1. The Balaban J connectivity index is 1.52. The highest BCUT2D eigenvalue weighted by molar-refractivity contribution is 7.12. The molecular formula is C18H20N6O2S. The van der Waals surface area contributed by atoms with Crippen molar-refractivity contribution < 1.29 is 9.53 Å². The molecule has 1 fully saturated rings. The van der Waals surface area contributed by atoms with E-state index in [-0.39, 0.29) is 18.1 Å². The number of nitrogens with zero attached hydrogens (tertiary/aromatic N) is 5. The van der Waals surface area contributed by atoms with Gasteiger partial charge < -0.3 is 15.4 Å². The van der Waals surface area contributed by atoms with Crippen LogP contribution in [-0.2, 0) is 0 Å². The standard InChI is InChI=1S/C18H20N6O2S/c1-12-2-3-14(26-16-10-13(19)4-6-20-16)11-23(12)18(25)17-15(5-9-27-17)24-21-7-8-22-24/h4-10,12,14H,2-3,11H2,1H3,(H2,19,20). The van der Waals surface area contributed by atoms with Crippen LogP contribution in [0.15, 0.2) is 42.2 Å². The Morgan fingerprint density at radius 2 is 2.07 bits per heavy atom. The molecule has 2 N–H and O–H groups in total. The molecule has 4 heterocycles. The molecule has 3 aromatic heterocycles. The van der Waals surface area contributed by atoms with Crippen LogP contribution in [0.4, 0.5) is 5.69 Å². The summed E-state index contributed by atoms with van der Waals surface area (Å²) in [5, 5.41) is 10.2. The van der Waals surface area contributed by atoms with Crippen LogP contribution in [0, 0.1) is 0 Å². The van der Waals surface area contributed by atoms with Gasteiger partial charge in [0.1, 0.15) is 16.7 Å². The summed E-state index contributed by atoms with van der Waals surface area (Å²) in [6, 6.07) is 5.40. The molecule has 0 saturated carbocycles. The zero-order valence-corrected chi connectivity index (χ0v) is 15.7. The highest BCUT2D eigenvalue weighted by atomic mass is 32.1. The lowest BCUT2D eigenvalue weighted by molar-refractivity contribution is 0.0377. The van der Waals surface area contributed by atoms with E-state index in [9.17, 15) is 4.79 Å². The van der Waals surface area contributed by atoms with Gasteiger partial charge in [0.05, 0.1) is 18.9 Å². The van der Waals surface area contributed by atoms with E-state index in [1.165, 1.54) is 16.1 Å². The number of amides is 1. The molecule has 0 aliphatic carbocycles. The second-order valence-corrected chi connectivity index (χ2v) is 7.42. The molecule has 0 bridgehead atoms. The first-order valence-electron chi connectivity index (χ1n) is 8.75. The second kappa shape index (κ2) is 7.36. The van der Waals surface area contributed by atoms with Crippen LogP contribution in [-0.4, -0.2) is 49.5 Å². The van der Waals surface area contributed by atoms with Crippen molar-refractivity contribution in [2.45, 2.75) is 31.9 Å². The molecule has 27 heavy (non-hydrogen) atoms. The molecule has 1 aliphatic rings. The molecule has 3 aromatic rings. The summed E-state index contributed by atoms with van der Waals surface area (Å²) in [5.41, 5.74) is 7.09. The first kappa shape index (κ1) is 17.5. The maximum absolute atomic E-state index is 13.2. The average molecular weight is 384 g/mol. The lowest BCUT2D eigenvalue weighted by atomic mass is 10.0. The van der Waals surface area contributed by atoms with E-state index < -0.39 is 0 Å². The van der Waals surface area contributed by atoms with E-state index in [1.54, 1.807) is 30.7 Å². The first-order chi connectivity index (χ1) is 13.1. The van der Waals surface area contributed by atoms with Crippen molar-refractivity contribution in [3.8, 4) is 11.6 Å². The molecule has 2 unspecified atom stereocenters. The number of nitrogens with two attached hydrogens (primary N) is 1. The number of pyridine rings is 1. The molecule has 8 nitrogen and oxygen atoms in total. The van der Waals surface area contributed by atoms with Gasteiger partial charge in [0.2, 0.25) is 5.88 Å². The Morgan fingerprint density at radius 1 is 1.26 bits per heavy atom. The summed E-state index contributed by atoms with van der Waals surface area (Å²) in [5.74, 6) is 0.457. The third-order valence-corrected chi connectivity index (χ3v) is 5.51. The molecule has 9 heteroatoms. The van der Waals surface area contributed by atoms with Crippen LogP contribution < -0.4 is 10.5 Å². The summed E-state index contributed by atoms with van der Waals surface area (Å²) in [6.45, 7) is 2.56. The van der Waals surface area contributed by atoms with Gasteiger partial charge in [-0.3, -0.25) is 4.79 Å². The van der Waals surface area contributed by atoms with Gasteiger partial charge in [0.15, 0.2) is 0 Å². The fraction of sp³-hybridized carbons (Fsp3) is 0.333. The van der Waals surface area contributed by atoms with Crippen molar-refractivity contribution in [1.29, 1.82) is 0 Å². The van der Waals surface area contributed by atoms with Crippen molar-refractivity contribution >= 4 is 22.9 Å². The normalized spacial score (nSPS) is 19.8. The summed E-state index contributed by atoms with van der Waals surface area (Å²) < 4.78 is 5.97. The number of aromatic nitrogens is 4. The third kappa shape index (κ3) is 3.63. The van der Waals surface area contributed by atoms with Gasteiger partial charge in [0.25, 0.3) is 5.91 Å². The topological polar surface area (TPSA) is 99.2 Å². The first-order valence-corrected chi connectivity index (χ1v) is 9.63. The zero-order chi connectivity index (χ0) is 18.8. The van der Waals surface area contributed by atoms with Crippen LogP contribution >= 0.6 is 11.3 Å². The number of likely N-dealkylation sites (tertiary alicyclic amines) is 1. The number of carbonyl (C=O) groups excluding carboxylic acids is 1. The number of rotatable bonds is 4. The second-order valence-electron chi connectivity index (χ2n) is 6.50. The number of hydrogen-bond acceptors (Lipinski definition) is 7. The molecule has 1 saturated heterocycles. The molecule has 1 amide bonds. The predicted octanol–water partition coefficient (Wildman–Crippen LogP) is 2.38. The minimum absolute atomic E-state index is 0.0290. The Morgan fingerprint density at radius 3 is 2.85 bits per heavy atom. The van der Waals surface area contributed by atoms with E-state index in [4.69, 9.17) is 10.5 Å². The van der Waals surface area contributed by atoms with Gasteiger partial charge >= 0.3 is 0 Å². The highest BCUT2D eigenvalue weighted by Crippen LogP contribution is 2.27. The van der Waals surface area contributed by atoms with Crippen LogP contribution in [0.1, 0.15) is 29.4 Å².